The molecule has 0 saturated heterocycles. The molecule has 2 N–H and O–H groups in total. The van der Waals surface area contributed by atoms with Crippen LogP contribution in [0.5, 0.6) is 0 Å². The lowest BCUT2D eigenvalue weighted by atomic mass is 10.2. The molecule has 0 aromatic carbocycles. The third-order valence-corrected chi connectivity index (χ3v) is 1.54. The molecule has 5 heteroatoms. The van der Waals surface area contributed by atoms with E-state index in [0.717, 1.165) is 0 Å². The molecule has 0 aromatic heterocycles. The van der Waals surface area contributed by atoms with Gasteiger partial charge in [-0.25, -0.2) is 0 Å². The summed E-state index contributed by atoms with van der Waals surface area (Å²) in [6.07, 6.45) is -1.46. The number of aliphatic hydroxyl groups excluding tert-OH is 1. The normalized spacial score (nSPS) is 16.4. The van der Waals surface area contributed by atoms with Gasteiger partial charge in [-0.2, -0.15) is 0 Å². The highest BCUT2D eigenvalue weighted by atomic mass is 16.6. The van der Waals surface area contributed by atoms with Crippen molar-refractivity contribution in [2.24, 2.45) is 0 Å². The van der Waals surface area contributed by atoms with Gasteiger partial charge in [-0.05, 0) is 6.92 Å². The SMILES string of the molecule is CC(O)O[C@H](CC(=O)O)C[N+](C)(C)C. The van der Waals surface area contributed by atoms with Crippen LogP contribution in [0.4, 0.5) is 0 Å². The number of aliphatic hydroxyl groups is 1. The zero-order chi connectivity index (χ0) is 11.4. The van der Waals surface area contributed by atoms with Crippen molar-refractivity contribution in [2.45, 2.75) is 25.7 Å². The fourth-order valence-corrected chi connectivity index (χ4v) is 1.24. The van der Waals surface area contributed by atoms with Gasteiger partial charge in [-0.3, -0.25) is 4.79 Å². The Kier molecular flexibility index (Phi) is 5.04. The van der Waals surface area contributed by atoms with Crippen LogP contribution >= 0.6 is 0 Å². The van der Waals surface area contributed by atoms with Crippen LogP contribution in [0, 0.1) is 0 Å². The first kappa shape index (κ1) is 13.4. The topological polar surface area (TPSA) is 66.8 Å². The Morgan fingerprint density at radius 3 is 2.21 bits per heavy atom. The highest BCUT2D eigenvalue weighted by Crippen LogP contribution is 2.06. The van der Waals surface area contributed by atoms with Gasteiger partial charge in [0.15, 0.2) is 6.29 Å². The van der Waals surface area contributed by atoms with E-state index in [4.69, 9.17) is 14.9 Å². The van der Waals surface area contributed by atoms with Crippen LogP contribution in [0.3, 0.4) is 0 Å². The largest absolute Gasteiger partial charge is 0.481 e. The van der Waals surface area contributed by atoms with Crippen molar-refractivity contribution < 1.29 is 24.2 Å². The van der Waals surface area contributed by atoms with Gasteiger partial charge < -0.3 is 19.4 Å². The molecule has 14 heavy (non-hydrogen) atoms. The van der Waals surface area contributed by atoms with Gasteiger partial charge in [0.25, 0.3) is 0 Å². The second-order valence-corrected chi connectivity index (χ2v) is 4.43. The van der Waals surface area contributed by atoms with Crippen LogP contribution in [-0.2, 0) is 9.53 Å². The molecule has 0 heterocycles. The van der Waals surface area contributed by atoms with E-state index in [9.17, 15) is 4.79 Å². The lowest BCUT2D eigenvalue weighted by Crippen LogP contribution is -2.44. The number of quaternary nitrogens is 1. The molecule has 5 nitrogen and oxygen atoms in total. The van der Waals surface area contributed by atoms with Crippen molar-refractivity contribution in [1.82, 2.24) is 0 Å². The molecule has 0 rings (SSSR count). The van der Waals surface area contributed by atoms with Crippen molar-refractivity contribution in [2.75, 3.05) is 27.7 Å². The molecule has 0 saturated carbocycles. The molecular weight excluding hydrogens is 186 g/mol. The molecule has 0 aromatic rings. The molecule has 84 valence electrons. The Morgan fingerprint density at radius 2 is 1.93 bits per heavy atom. The summed E-state index contributed by atoms with van der Waals surface area (Å²) in [7, 11) is 5.83. The summed E-state index contributed by atoms with van der Waals surface area (Å²) in [6.45, 7) is 2.03. The first-order chi connectivity index (χ1) is 6.20. The molecule has 0 aliphatic heterocycles. The maximum absolute atomic E-state index is 10.5. The second-order valence-electron chi connectivity index (χ2n) is 4.43. The van der Waals surface area contributed by atoms with Gasteiger partial charge in [0.2, 0.25) is 0 Å². The maximum Gasteiger partial charge on any atom is 0.306 e. The van der Waals surface area contributed by atoms with Gasteiger partial charge >= 0.3 is 5.97 Å². The van der Waals surface area contributed by atoms with Crippen molar-refractivity contribution in [3.05, 3.63) is 0 Å². The van der Waals surface area contributed by atoms with Gasteiger partial charge in [0.05, 0.1) is 27.6 Å². The monoisotopic (exact) mass is 206 g/mol. The minimum Gasteiger partial charge on any atom is -0.481 e. The number of ether oxygens (including phenoxy) is 1. The van der Waals surface area contributed by atoms with Gasteiger partial charge in [-0.15, -0.1) is 0 Å². The number of hydrogen-bond donors (Lipinski definition) is 2. The number of carboxylic acid groups (broad SMARTS) is 1. The van der Waals surface area contributed by atoms with Gasteiger partial charge in [0, 0.05) is 0 Å². The Balaban J connectivity index is 4.17. The van der Waals surface area contributed by atoms with Crippen LogP contribution < -0.4 is 0 Å². The van der Waals surface area contributed by atoms with Gasteiger partial charge in [-0.1, -0.05) is 0 Å². The minimum atomic E-state index is -0.925. The predicted molar refractivity (Wildman–Crippen MR) is 51.7 cm³/mol. The van der Waals surface area contributed by atoms with E-state index >= 15 is 0 Å². The zero-order valence-electron chi connectivity index (χ0n) is 9.23. The molecule has 0 fully saturated rings. The van der Waals surface area contributed by atoms with Crippen molar-refractivity contribution >= 4 is 5.97 Å². The molecule has 2 atom stereocenters. The summed E-state index contributed by atoms with van der Waals surface area (Å²) < 4.78 is 5.70. The lowest BCUT2D eigenvalue weighted by molar-refractivity contribution is -0.873. The summed E-state index contributed by atoms with van der Waals surface area (Å²) in [4.78, 5) is 10.5. The third-order valence-electron chi connectivity index (χ3n) is 1.54. The molecule has 0 spiro atoms. The Labute approximate surface area is 84.5 Å². The number of carboxylic acids is 1. The molecule has 0 aliphatic carbocycles. The standard InChI is InChI=1S/C9H19NO4/c1-7(11)14-8(5-9(12)13)6-10(2,3)4/h7-8,11H,5-6H2,1-4H3/p+1/t7?,8-/m1/s1. The van der Waals surface area contributed by atoms with E-state index in [2.05, 4.69) is 0 Å². The minimum absolute atomic E-state index is 0.0829. The van der Waals surface area contributed by atoms with Gasteiger partial charge in [0.1, 0.15) is 12.6 Å². The summed E-state index contributed by atoms with van der Waals surface area (Å²) in [5.74, 6) is -0.913. The average Bonchev–Trinajstić information content (AvgIpc) is 1.77. The lowest BCUT2D eigenvalue weighted by Gasteiger charge is -2.29. The Bertz CT molecular complexity index is 186. The first-order valence-corrected chi connectivity index (χ1v) is 4.56. The Hall–Kier alpha value is -0.650. The summed E-state index contributed by atoms with van der Waals surface area (Å²) in [5.41, 5.74) is 0. The Morgan fingerprint density at radius 1 is 1.43 bits per heavy atom. The van der Waals surface area contributed by atoms with E-state index in [1.807, 2.05) is 21.1 Å². The van der Waals surface area contributed by atoms with E-state index in [-0.39, 0.29) is 6.42 Å². The molecule has 0 radical (unpaired) electrons. The molecule has 0 bridgehead atoms. The molecule has 0 aliphatic rings. The van der Waals surface area contributed by atoms with Crippen molar-refractivity contribution in [3.8, 4) is 0 Å². The van der Waals surface area contributed by atoms with E-state index in [1.54, 1.807) is 0 Å². The summed E-state index contributed by atoms with van der Waals surface area (Å²) >= 11 is 0. The molecule has 0 amide bonds. The number of carbonyl (C=O) groups is 1. The van der Waals surface area contributed by atoms with Crippen molar-refractivity contribution in [1.29, 1.82) is 0 Å². The van der Waals surface area contributed by atoms with Crippen LogP contribution in [-0.4, -0.2) is 60.7 Å². The summed E-state index contributed by atoms with van der Waals surface area (Å²) in [6, 6.07) is 0. The molecular formula is C9H20NO4+. The molecule has 1 unspecified atom stereocenters. The predicted octanol–water partition coefficient (Wildman–Crippen LogP) is -0.109. The van der Waals surface area contributed by atoms with Crippen LogP contribution in [0.15, 0.2) is 0 Å². The number of aliphatic carboxylic acids is 1. The number of hydrogen-bond acceptors (Lipinski definition) is 3. The number of rotatable bonds is 6. The number of likely N-dealkylation sites (N-methyl/N-ethyl adjacent to an activating group) is 1. The van der Waals surface area contributed by atoms with E-state index in [1.165, 1.54) is 6.92 Å². The highest BCUT2D eigenvalue weighted by Gasteiger charge is 2.22. The fourth-order valence-electron chi connectivity index (χ4n) is 1.24. The number of nitrogens with zero attached hydrogens (tertiary/aromatic N) is 1. The fraction of sp³-hybridized carbons (Fsp3) is 0.889. The quantitative estimate of drug-likeness (QED) is 0.470. The average molecular weight is 206 g/mol. The summed E-state index contributed by atoms with van der Waals surface area (Å²) in [5, 5.41) is 17.6. The van der Waals surface area contributed by atoms with Crippen molar-refractivity contribution in [3.63, 3.8) is 0 Å². The maximum atomic E-state index is 10.5. The van der Waals surface area contributed by atoms with Crippen LogP contribution in [0.2, 0.25) is 0 Å². The van der Waals surface area contributed by atoms with Crippen LogP contribution in [0.1, 0.15) is 13.3 Å². The second kappa shape index (κ2) is 5.29. The van der Waals surface area contributed by atoms with E-state index in [0.29, 0.717) is 11.0 Å². The smallest absolute Gasteiger partial charge is 0.306 e. The first-order valence-electron chi connectivity index (χ1n) is 4.56. The zero-order valence-corrected chi connectivity index (χ0v) is 9.23. The third kappa shape index (κ3) is 7.97. The van der Waals surface area contributed by atoms with Crippen LogP contribution in [0.25, 0.3) is 0 Å². The van der Waals surface area contributed by atoms with E-state index < -0.39 is 18.4 Å². The highest BCUT2D eigenvalue weighted by molar-refractivity contribution is 5.67.